The fourth-order valence-corrected chi connectivity index (χ4v) is 9.74. The maximum atomic E-state index is 12.0. The summed E-state index contributed by atoms with van der Waals surface area (Å²) in [4.78, 5) is 0.201. The Morgan fingerprint density at radius 1 is 0.486 bits per heavy atom. The van der Waals surface area contributed by atoms with Gasteiger partial charge in [-0.25, -0.2) is 0 Å². The van der Waals surface area contributed by atoms with Crippen LogP contribution in [0.4, 0.5) is 0 Å². The highest BCUT2D eigenvalue weighted by atomic mass is 32.2. The molecule has 366 valence electrons. The average molecular weight is 965 g/mol. The lowest BCUT2D eigenvalue weighted by Gasteiger charge is -2.37. The molecule has 0 amide bonds. The fourth-order valence-electron chi connectivity index (χ4n) is 8.69. The zero-order valence-corrected chi connectivity index (χ0v) is 41.9. The van der Waals surface area contributed by atoms with E-state index >= 15 is 0 Å². The summed E-state index contributed by atoms with van der Waals surface area (Å²) < 4.78 is 33.8. The van der Waals surface area contributed by atoms with Gasteiger partial charge in [0.25, 0.3) is 10.1 Å². The zero-order chi connectivity index (χ0) is 50.8. The monoisotopic (exact) mass is 964 g/mol. The van der Waals surface area contributed by atoms with Crippen LogP contribution in [0, 0.1) is 12.3 Å². The Balaban J connectivity index is 0.000000356. The number of rotatable bonds is 14. The van der Waals surface area contributed by atoms with Crippen LogP contribution in [0.3, 0.4) is 0 Å². The summed E-state index contributed by atoms with van der Waals surface area (Å²) in [7, 11) is -3.64. The molecule has 70 heavy (non-hydrogen) atoms. The molecule has 1 aliphatic rings. The van der Waals surface area contributed by atoms with Gasteiger partial charge in [0, 0.05) is 34.5 Å². The van der Waals surface area contributed by atoms with E-state index in [2.05, 4.69) is 41.5 Å². The van der Waals surface area contributed by atoms with Gasteiger partial charge in [0.05, 0.1) is 24.7 Å². The molecule has 0 aliphatic carbocycles. The van der Waals surface area contributed by atoms with Crippen molar-refractivity contribution in [1.29, 1.82) is 0 Å². The Labute approximate surface area is 412 Å². The Hall–Kier alpha value is -6.79. The maximum Gasteiger partial charge on any atom is 0.296 e. The molecule has 1 heterocycles. The summed E-state index contributed by atoms with van der Waals surface area (Å²) in [5.41, 5.74) is 7.81. The second-order valence-electron chi connectivity index (χ2n) is 20.5. The first-order valence-corrected chi connectivity index (χ1v) is 24.7. The van der Waals surface area contributed by atoms with Crippen molar-refractivity contribution in [3.63, 3.8) is 0 Å². The summed E-state index contributed by atoms with van der Waals surface area (Å²) >= 11 is 0. The minimum atomic E-state index is -3.64. The molecule has 0 bridgehead atoms. The van der Waals surface area contributed by atoms with E-state index in [1.165, 1.54) is 0 Å². The average Bonchev–Trinajstić information content (AvgIpc) is 3.31. The van der Waals surface area contributed by atoms with Gasteiger partial charge in [-0.2, -0.15) is 8.42 Å². The molecular weight excluding hydrogens is 901 g/mol. The van der Waals surface area contributed by atoms with Gasteiger partial charge in [0.2, 0.25) is 0 Å². The predicted molar refractivity (Wildman–Crippen MR) is 274 cm³/mol. The third-order valence-corrected chi connectivity index (χ3v) is 15.2. The smallest absolute Gasteiger partial charge is 0.296 e. The lowest BCUT2D eigenvalue weighted by molar-refractivity contribution is -0.119. The van der Waals surface area contributed by atoms with E-state index < -0.39 is 26.4 Å². The van der Waals surface area contributed by atoms with Crippen molar-refractivity contribution in [1.82, 2.24) is 0 Å². The van der Waals surface area contributed by atoms with Gasteiger partial charge in [-0.15, -0.1) is 0 Å². The van der Waals surface area contributed by atoms with Gasteiger partial charge in [-0.1, -0.05) is 139 Å². The molecule has 1 saturated heterocycles. The highest BCUT2D eigenvalue weighted by molar-refractivity contribution is 7.86. The molecule has 0 spiro atoms. The summed E-state index contributed by atoms with van der Waals surface area (Å²) in [5.74, 6) is 0.868. The normalized spacial score (nSPS) is 13.8. The number of aryl methyl sites for hydroxylation is 1. The number of ether oxygens (including phenoxy) is 1. The highest BCUT2D eigenvalue weighted by Crippen LogP contribution is 2.42. The van der Waals surface area contributed by atoms with Crippen LogP contribution in [0.1, 0.15) is 110 Å². The first-order chi connectivity index (χ1) is 32.9. The van der Waals surface area contributed by atoms with Crippen LogP contribution in [0.25, 0.3) is 0 Å². The molecule has 0 unspecified atom stereocenters. The number of aromatic hydroxyl groups is 6. The van der Waals surface area contributed by atoms with Gasteiger partial charge in [0.15, 0.2) is 0 Å². The van der Waals surface area contributed by atoms with Gasteiger partial charge >= 0.3 is 0 Å². The summed E-state index contributed by atoms with van der Waals surface area (Å²) in [6.45, 7) is 17.7. The molecule has 1 aliphatic heterocycles. The van der Waals surface area contributed by atoms with Crippen LogP contribution in [0.5, 0.6) is 34.5 Å². The molecule has 8 rings (SSSR count). The predicted octanol–water partition coefficient (Wildman–Crippen LogP) is 11.8. The van der Waals surface area contributed by atoms with Gasteiger partial charge in [0.1, 0.15) is 34.5 Å². The van der Waals surface area contributed by atoms with E-state index in [0.29, 0.717) is 35.5 Å². The van der Waals surface area contributed by atoms with Crippen molar-refractivity contribution in [3.05, 3.63) is 207 Å². The van der Waals surface area contributed by atoms with Crippen LogP contribution >= 0.6 is 0 Å². The molecule has 7 aromatic carbocycles. The van der Waals surface area contributed by atoms with Crippen LogP contribution in [-0.4, -0.2) is 58.9 Å². The molecule has 0 radical (unpaired) electrons. The standard InChI is InChI=1S/C47H48O6.C12H16O4S/c1-45(2,33-7-15-39(48)16-8-33)36-13-21-42(51)29(25-36)23-31-27-38(47(5,6)35-11-19-41(50)20-12-35)28-32(44(31)53)24-30-26-37(14-22-43(30)52)46(3,4)34-9-17-40(49)18-10-34;1-10-3-5-11(6-4-10)17(13,14)16-9-12(2)7-15-8-12/h7-22,25-28,48-53H,23-24H2,1-6H3;3-6H,7-9H2,1-2H3. The van der Waals surface area contributed by atoms with Gasteiger partial charge in [-0.3, -0.25) is 4.18 Å². The lowest BCUT2D eigenvalue weighted by atomic mass is 9.75. The second-order valence-corrected chi connectivity index (χ2v) is 22.1. The van der Waals surface area contributed by atoms with E-state index in [1.807, 2.05) is 86.6 Å². The summed E-state index contributed by atoms with van der Waals surface area (Å²) in [6.07, 6.45) is 0.479. The fraction of sp³-hybridized carbons (Fsp3) is 0.288. The number of hydrogen-bond acceptors (Lipinski definition) is 10. The Kier molecular flexibility index (Phi) is 14.5. The largest absolute Gasteiger partial charge is 0.508 e. The van der Waals surface area contributed by atoms with E-state index in [4.69, 9.17) is 8.92 Å². The highest BCUT2D eigenvalue weighted by Gasteiger charge is 2.36. The van der Waals surface area contributed by atoms with Crippen molar-refractivity contribution in [2.45, 2.75) is 89.4 Å². The van der Waals surface area contributed by atoms with Gasteiger partial charge in [-0.05, 0) is 123 Å². The SMILES string of the molecule is CC(C)(c1ccc(O)cc1)c1ccc(O)c(Cc2cc(C(C)(C)c3ccc(O)cc3)cc(Cc3cc(C(C)(C)c4ccc(O)cc4)ccc3O)c2O)c1.Cc1ccc(S(=O)(=O)OCC2(C)COC2)cc1. The molecular formula is C59H64O10S. The maximum absolute atomic E-state index is 12.0. The Morgan fingerprint density at radius 2 is 0.829 bits per heavy atom. The van der Waals surface area contributed by atoms with Crippen LogP contribution < -0.4 is 0 Å². The number of phenolic OH excluding ortho intramolecular Hbond substituents is 6. The van der Waals surface area contributed by atoms with E-state index in [1.54, 1.807) is 72.8 Å². The van der Waals surface area contributed by atoms with Crippen molar-refractivity contribution in [2.24, 2.45) is 5.41 Å². The first kappa shape index (κ1) is 51.1. The minimum Gasteiger partial charge on any atom is -0.508 e. The van der Waals surface area contributed by atoms with E-state index in [-0.39, 0.29) is 64.3 Å². The molecule has 1 fully saturated rings. The molecule has 6 N–H and O–H groups in total. The number of benzene rings is 7. The number of hydrogen-bond donors (Lipinski definition) is 6. The third kappa shape index (κ3) is 11.3. The van der Waals surface area contributed by atoms with Crippen LogP contribution in [0.15, 0.2) is 150 Å². The topological polar surface area (TPSA) is 174 Å². The van der Waals surface area contributed by atoms with Crippen molar-refractivity contribution >= 4 is 10.1 Å². The van der Waals surface area contributed by atoms with Crippen molar-refractivity contribution in [3.8, 4) is 34.5 Å². The molecule has 10 nitrogen and oxygen atoms in total. The third-order valence-electron chi connectivity index (χ3n) is 13.9. The van der Waals surface area contributed by atoms with Crippen LogP contribution in [0.2, 0.25) is 0 Å². The molecule has 7 aromatic rings. The Morgan fingerprint density at radius 3 is 1.19 bits per heavy atom. The van der Waals surface area contributed by atoms with Crippen molar-refractivity contribution in [2.75, 3.05) is 19.8 Å². The summed E-state index contributed by atoms with van der Waals surface area (Å²) in [6, 6.07) is 43.1. The molecule has 11 heteroatoms. The van der Waals surface area contributed by atoms with Gasteiger partial charge < -0.3 is 35.4 Å². The molecule has 0 atom stereocenters. The first-order valence-electron chi connectivity index (χ1n) is 23.3. The zero-order valence-electron chi connectivity index (χ0n) is 41.1. The van der Waals surface area contributed by atoms with Crippen LogP contribution in [-0.2, 0) is 48.1 Å². The lowest BCUT2D eigenvalue weighted by Crippen LogP contribution is -2.44. The quantitative estimate of drug-likeness (QED) is 0.0576. The molecule has 0 aromatic heterocycles. The Bertz CT molecular complexity index is 2930. The summed E-state index contributed by atoms with van der Waals surface area (Å²) in [5, 5.41) is 64.1. The van der Waals surface area contributed by atoms with E-state index in [0.717, 1.165) is 38.9 Å². The molecule has 0 saturated carbocycles. The van der Waals surface area contributed by atoms with E-state index in [9.17, 15) is 39.1 Å². The second kappa shape index (κ2) is 19.9. The van der Waals surface area contributed by atoms with Crippen molar-refractivity contribution < 1.29 is 48.0 Å². The number of phenols is 6. The minimum absolute atomic E-state index is 0.0838.